The van der Waals surface area contributed by atoms with Crippen molar-refractivity contribution in [1.29, 1.82) is 0 Å². The van der Waals surface area contributed by atoms with E-state index < -0.39 is 53.1 Å². The van der Waals surface area contributed by atoms with Crippen LogP contribution in [0.25, 0.3) is 32.7 Å². The second kappa shape index (κ2) is 13.4. The molecule has 6 aromatic rings. The van der Waals surface area contributed by atoms with Crippen LogP contribution in [0.15, 0.2) is 85.6 Å². The molecular weight excluding hydrogens is 658 g/mol. The van der Waals surface area contributed by atoms with Gasteiger partial charge in [0.05, 0.1) is 25.6 Å². The van der Waals surface area contributed by atoms with Gasteiger partial charge in [-0.15, -0.1) is 11.3 Å². The van der Waals surface area contributed by atoms with Crippen LogP contribution < -0.4 is 73.1 Å². The van der Waals surface area contributed by atoms with Gasteiger partial charge in [0.2, 0.25) is 0 Å². The molecule has 1 fully saturated rings. The third kappa shape index (κ3) is 6.41. The third-order valence-electron chi connectivity index (χ3n) is 8.00. The van der Waals surface area contributed by atoms with E-state index in [1.54, 1.807) is 42.5 Å². The van der Waals surface area contributed by atoms with Gasteiger partial charge in [-0.05, 0) is 72.4 Å². The number of nitrogens with one attached hydrogen (secondary N) is 1. The molecule has 10 nitrogen and oxygen atoms in total. The number of rotatable bonds is 9. The normalized spacial score (nSPS) is 12.7. The molecule has 0 aliphatic heterocycles. The number of nitrogens with zero attached hydrogens (tertiary/aromatic N) is 3. The zero-order valence-electron chi connectivity index (χ0n) is 26.2. The first-order chi connectivity index (χ1) is 22.2. The largest absolute Gasteiger partial charge is 1.00 e. The summed E-state index contributed by atoms with van der Waals surface area (Å²) in [6.45, 7) is -1.08. The summed E-state index contributed by atoms with van der Waals surface area (Å²) < 4.78 is 43.3. The second-order valence-electron chi connectivity index (χ2n) is 11.0. The van der Waals surface area contributed by atoms with E-state index in [0.29, 0.717) is 16.9 Å². The average Bonchev–Trinajstić information content (AvgIpc) is 3.67. The molecule has 234 valence electrons. The molecule has 0 saturated heterocycles. The first-order valence-electron chi connectivity index (χ1n) is 14.3. The number of H-pyrrole nitrogens is 1. The van der Waals surface area contributed by atoms with E-state index in [1.165, 1.54) is 30.6 Å². The van der Waals surface area contributed by atoms with Crippen molar-refractivity contribution in [2.75, 3.05) is 7.11 Å². The van der Waals surface area contributed by atoms with Crippen molar-refractivity contribution in [2.45, 2.75) is 31.8 Å². The molecule has 1 N–H and O–H groups in total. The molecule has 1 aliphatic rings. The minimum atomic E-state index is -0.926. The number of halogens is 2. The first-order valence-corrected chi connectivity index (χ1v) is 15.1. The van der Waals surface area contributed by atoms with Gasteiger partial charge in [0.1, 0.15) is 22.2 Å². The van der Waals surface area contributed by atoms with Crippen LogP contribution in [0, 0.1) is 11.6 Å². The summed E-state index contributed by atoms with van der Waals surface area (Å²) in [5, 5.41) is 3.90. The number of hydrogen-bond acceptors (Lipinski definition) is 8. The number of thiophene rings is 1. The number of methoxy groups -OCH3 is 1. The van der Waals surface area contributed by atoms with Gasteiger partial charge in [-0.1, -0.05) is 29.4 Å². The number of hydrogen-bond donors (Lipinski definition) is 1. The number of aromatic amines is 1. The Hall–Kier alpha value is -3.79. The fourth-order valence-electron chi connectivity index (χ4n) is 5.43. The Kier molecular flexibility index (Phi) is 9.42. The van der Waals surface area contributed by atoms with Crippen LogP contribution in [0.3, 0.4) is 0 Å². The van der Waals surface area contributed by atoms with Crippen molar-refractivity contribution in [1.82, 2.24) is 19.3 Å². The molecule has 1 saturated carbocycles. The minimum absolute atomic E-state index is 0. The number of aromatic nitrogens is 4. The zero-order chi connectivity index (χ0) is 32.1. The fraction of sp³-hybridized carbons (Fsp3) is 0.182. The van der Waals surface area contributed by atoms with Crippen molar-refractivity contribution < 1.29 is 75.6 Å². The predicted molar refractivity (Wildman–Crippen MR) is 168 cm³/mol. The van der Waals surface area contributed by atoms with Crippen LogP contribution in [0.1, 0.15) is 41.0 Å². The van der Waals surface area contributed by atoms with E-state index in [0.717, 1.165) is 39.0 Å². The Morgan fingerprint density at radius 2 is 1.70 bits per heavy atom. The van der Waals surface area contributed by atoms with Gasteiger partial charge >= 0.3 is 62.8 Å². The van der Waals surface area contributed by atoms with Crippen LogP contribution in [0.2, 0.25) is 0 Å². The van der Waals surface area contributed by atoms with E-state index >= 15 is 8.78 Å². The van der Waals surface area contributed by atoms with E-state index in [1.807, 2.05) is 0 Å². The van der Waals surface area contributed by atoms with Crippen LogP contribution in [0.5, 0.6) is 5.75 Å². The van der Waals surface area contributed by atoms with Gasteiger partial charge in [0, 0.05) is 21.6 Å². The van der Waals surface area contributed by atoms with Crippen molar-refractivity contribution in [3.05, 3.63) is 126 Å². The SMILES string of the molecule is COc1ccc(C(=O)Cn2c(=O)c3cc(C4CC4)sc3n(Cc3c(F)cc(-c4ccccc4-c4noc(=O)[nH]4)cc3F)c2=O)cc1.[H-].[K+]. The predicted octanol–water partition coefficient (Wildman–Crippen LogP) is 2.45. The number of benzene rings is 3. The Morgan fingerprint density at radius 3 is 2.32 bits per heavy atom. The molecule has 0 radical (unpaired) electrons. The number of carbonyl (C=O) groups excluding carboxylic acids is 1. The van der Waals surface area contributed by atoms with Gasteiger partial charge < -0.3 is 6.16 Å². The monoisotopic (exact) mass is 682 g/mol. The van der Waals surface area contributed by atoms with E-state index in [4.69, 9.17) is 4.74 Å². The molecule has 0 bridgehead atoms. The van der Waals surface area contributed by atoms with Gasteiger partial charge in [-0.2, -0.15) is 0 Å². The molecule has 47 heavy (non-hydrogen) atoms. The van der Waals surface area contributed by atoms with Gasteiger partial charge in [-0.25, -0.2) is 18.4 Å². The summed E-state index contributed by atoms with van der Waals surface area (Å²) in [5.41, 5.74) is -0.686. The Balaban J connectivity index is 0.00000225. The molecular formula is C33H25F2KN4O6S. The van der Waals surface area contributed by atoms with Gasteiger partial charge in [0.15, 0.2) is 11.6 Å². The minimum Gasteiger partial charge on any atom is -1.00 e. The van der Waals surface area contributed by atoms with Gasteiger partial charge in [-0.3, -0.25) is 28.2 Å². The number of Topliss-reactive ketones (excluding diaryl/α,β-unsaturated/α-hetero) is 1. The van der Waals surface area contributed by atoms with E-state index in [9.17, 15) is 19.2 Å². The summed E-state index contributed by atoms with van der Waals surface area (Å²) in [6, 6.07) is 16.8. The molecule has 0 atom stereocenters. The van der Waals surface area contributed by atoms with Crippen LogP contribution in [0.4, 0.5) is 8.78 Å². The summed E-state index contributed by atoms with van der Waals surface area (Å²) >= 11 is 1.24. The number of ether oxygens (including phenoxy) is 1. The maximum Gasteiger partial charge on any atom is 1.00 e. The maximum absolute atomic E-state index is 15.8. The molecule has 0 spiro atoms. The summed E-state index contributed by atoms with van der Waals surface area (Å²) in [7, 11) is 1.49. The molecule has 0 amide bonds. The Morgan fingerprint density at radius 1 is 1.02 bits per heavy atom. The smallest absolute Gasteiger partial charge is 1.00 e. The van der Waals surface area contributed by atoms with Crippen LogP contribution in [-0.4, -0.2) is 32.2 Å². The topological polar surface area (TPSA) is 129 Å². The van der Waals surface area contributed by atoms with Crippen LogP contribution >= 0.6 is 11.3 Å². The van der Waals surface area contributed by atoms with Crippen molar-refractivity contribution in [2.24, 2.45) is 0 Å². The van der Waals surface area contributed by atoms with E-state index in [2.05, 4.69) is 14.7 Å². The standard InChI is InChI=1S/C33H24F2N4O6S.K.H/c1-44-20-10-8-17(9-11-20)27(40)16-38-30(41)23-14-28(18-6-7-18)46-31(23)39(33(38)43)15-24-25(34)12-19(13-26(24)35)21-4-2-3-5-22(21)29-36-32(42)45-37-29;;/h2-5,8-14,18H,6-7,15-16H2,1H3,(H,36,37,42);;/q;+1;-1. The molecule has 3 aromatic carbocycles. The van der Waals surface area contributed by atoms with Crippen LogP contribution in [-0.2, 0) is 13.1 Å². The third-order valence-corrected chi connectivity index (χ3v) is 9.32. The van der Waals surface area contributed by atoms with Gasteiger partial charge in [0.25, 0.3) is 5.56 Å². The first kappa shape index (κ1) is 33.1. The van der Waals surface area contributed by atoms with Crippen molar-refractivity contribution in [3.63, 3.8) is 0 Å². The number of carbonyl (C=O) groups is 1. The molecule has 1 aliphatic carbocycles. The average molecular weight is 683 g/mol. The molecule has 0 unspecified atom stereocenters. The quantitative estimate of drug-likeness (QED) is 0.183. The Bertz CT molecular complexity index is 2320. The second-order valence-corrected chi connectivity index (χ2v) is 12.0. The van der Waals surface area contributed by atoms with E-state index in [-0.39, 0.29) is 85.9 Å². The number of fused-ring (bicyclic) bond motifs is 1. The molecule has 3 aromatic heterocycles. The maximum atomic E-state index is 15.8. The summed E-state index contributed by atoms with van der Waals surface area (Å²) in [5.74, 6) is -2.24. The fourth-order valence-corrected chi connectivity index (χ4v) is 6.74. The van der Waals surface area contributed by atoms with Crippen molar-refractivity contribution in [3.8, 4) is 28.3 Å². The number of ketones is 1. The molecule has 7 rings (SSSR count). The zero-order valence-corrected chi connectivity index (χ0v) is 29.2. The Labute approximate surface area is 312 Å². The summed E-state index contributed by atoms with van der Waals surface area (Å²) in [6.07, 6.45) is 1.88. The molecule has 3 heterocycles. The summed E-state index contributed by atoms with van der Waals surface area (Å²) in [4.78, 5) is 55.7. The molecule has 14 heteroatoms. The van der Waals surface area contributed by atoms with Crippen molar-refractivity contribution >= 4 is 27.3 Å².